The second-order valence-corrected chi connectivity index (χ2v) is 3.65. The van der Waals surface area contributed by atoms with Crippen LogP contribution in [0.15, 0.2) is 0 Å². The highest BCUT2D eigenvalue weighted by atomic mass is 16.5. The molecule has 0 saturated heterocycles. The van der Waals surface area contributed by atoms with E-state index in [4.69, 9.17) is 5.11 Å². The van der Waals surface area contributed by atoms with Gasteiger partial charge in [0.05, 0.1) is 18.9 Å². The maximum absolute atomic E-state index is 11.2. The highest BCUT2D eigenvalue weighted by molar-refractivity contribution is 5.81. The quantitative estimate of drug-likeness (QED) is 0.651. The second kappa shape index (κ2) is 3.77. The van der Waals surface area contributed by atoms with Gasteiger partial charge < -0.3 is 9.84 Å². The molecule has 0 spiro atoms. The fraction of sp³-hybridized carbons (Fsp3) is 0.778. The maximum atomic E-state index is 11.2. The number of rotatable bonds is 2. The Kier molecular flexibility index (Phi) is 2.90. The number of carboxylic acids is 1. The zero-order valence-electron chi connectivity index (χ0n) is 7.82. The summed E-state index contributed by atoms with van der Waals surface area (Å²) in [6, 6.07) is 0. The first-order valence-electron chi connectivity index (χ1n) is 4.37. The van der Waals surface area contributed by atoms with Crippen LogP contribution in [0.1, 0.15) is 19.8 Å². The number of carbonyl (C=O) groups excluding carboxylic acids is 1. The Morgan fingerprint density at radius 2 is 1.85 bits per heavy atom. The van der Waals surface area contributed by atoms with E-state index in [1.807, 2.05) is 6.92 Å². The molecule has 0 aromatic carbocycles. The first-order chi connectivity index (χ1) is 6.06. The number of carbonyl (C=O) groups is 2. The summed E-state index contributed by atoms with van der Waals surface area (Å²) in [4.78, 5) is 22.0. The first-order valence-corrected chi connectivity index (χ1v) is 4.37. The lowest BCUT2D eigenvalue weighted by Gasteiger charge is -2.11. The molecule has 0 aromatic heterocycles. The Bertz CT molecular complexity index is 224. The summed E-state index contributed by atoms with van der Waals surface area (Å²) >= 11 is 0. The van der Waals surface area contributed by atoms with E-state index >= 15 is 0 Å². The third kappa shape index (κ3) is 1.99. The van der Waals surface area contributed by atoms with Crippen LogP contribution < -0.4 is 0 Å². The lowest BCUT2D eigenvalue weighted by molar-refractivity contribution is -0.154. The fourth-order valence-electron chi connectivity index (χ4n) is 1.98. The number of hydrogen-bond donors (Lipinski definition) is 1. The molecule has 0 heterocycles. The van der Waals surface area contributed by atoms with Crippen LogP contribution in [-0.2, 0) is 14.3 Å². The molecule has 1 saturated carbocycles. The zero-order valence-corrected chi connectivity index (χ0v) is 7.82. The van der Waals surface area contributed by atoms with Crippen LogP contribution >= 0.6 is 0 Å². The standard InChI is InChI=1S/C9H14O4/c1-5-3-6(8(10)11)7(4-5)9(12)13-2/h5-7H,3-4H2,1-2H3,(H,10,11)/t5?,6-,7+/m1/s1. The van der Waals surface area contributed by atoms with E-state index in [2.05, 4.69) is 4.74 Å². The van der Waals surface area contributed by atoms with E-state index in [1.54, 1.807) is 0 Å². The molecule has 0 aromatic rings. The molecule has 0 bridgehead atoms. The number of esters is 1. The van der Waals surface area contributed by atoms with Gasteiger partial charge in [-0.3, -0.25) is 9.59 Å². The normalized spacial score (nSPS) is 32.9. The Hall–Kier alpha value is -1.06. The first kappa shape index (κ1) is 10.0. The molecular formula is C9H14O4. The molecule has 1 fully saturated rings. The molecule has 0 aliphatic heterocycles. The van der Waals surface area contributed by atoms with E-state index in [-0.39, 0.29) is 0 Å². The molecule has 74 valence electrons. The molecule has 4 heteroatoms. The summed E-state index contributed by atoms with van der Waals surface area (Å²) < 4.78 is 4.56. The Balaban J connectivity index is 2.71. The SMILES string of the molecule is COC(=O)[C@H]1CC(C)C[C@H]1C(=O)O. The number of carboxylic acid groups (broad SMARTS) is 1. The van der Waals surface area contributed by atoms with Crippen molar-refractivity contribution in [2.75, 3.05) is 7.11 Å². The lowest BCUT2D eigenvalue weighted by atomic mass is 9.97. The van der Waals surface area contributed by atoms with Crippen LogP contribution in [0.5, 0.6) is 0 Å². The van der Waals surface area contributed by atoms with E-state index in [1.165, 1.54) is 7.11 Å². The summed E-state index contributed by atoms with van der Waals surface area (Å²) in [5.41, 5.74) is 0. The smallest absolute Gasteiger partial charge is 0.309 e. The molecule has 0 radical (unpaired) electrons. The third-order valence-corrected chi connectivity index (χ3v) is 2.62. The number of ether oxygens (including phenoxy) is 1. The van der Waals surface area contributed by atoms with Gasteiger partial charge in [0.1, 0.15) is 0 Å². The monoisotopic (exact) mass is 186 g/mol. The molecule has 1 N–H and O–H groups in total. The number of aliphatic carboxylic acids is 1. The van der Waals surface area contributed by atoms with Gasteiger partial charge in [-0.2, -0.15) is 0 Å². The highest BCUT2D eigenvalue weighted by Crippen LogP contribution is 2.36. The summed E-state index contributed by atoms with van der Waals surface area (Å²) in [5, 5.41) is 8.84. The number of methoxy groups -OCH3 is 1. The van der Waals surface area contributed by atoms with Crippen molar-refractivity contribution in [2.45, 2.75) is 19.8 Å². The van der Waals surface area contributed by atoms with Crippen molar-refractivity contribution in [1.29, 1.82) is 0 Å². The molecule has 13 heavy (non-hydrogen) atoms. The van der Waals surface area contributed by atoms with Crippen LogP contribution in [-0.4, -0.2) is 24.2 Å². The van der Waals surface area contributed by atoms with Gasteiger partial charge in [-0.1, -0.05) is 6.92 Å². The molecular weight excluding hydrogens is 172 g/mol. The second-order valence-electron chi connectivity index (χ2n) is 3.65. The predicted molar refractivity (Wildman–Crippen MR) is 45.0 cm³/mol. The molecule has 3 atom stereocenters. The van der Waals surface area contributed by atoms with Gasteiger partial charge in [-0.25, -0.2) is 0 Å². The Morgan fingerprint density at radius 1 is 1.31 bits per heavy atom. The predicted octanol–water partition coefficient (Wildman–Crippen LogP) is 0.906. The Morgan fingerprint density at radius 3 is 2.31 bits per heavy atom. The van der Waals surface area contributed by atoms with Crippen LogP contribution in [0.4, 0.5) is 0 Å². The summed E-state index contributed by atoms with van der Waals surface area (Å²) in [7, 11) is 1.30. The third-order valence-electron chi connectivity index (χ3n) is 2.62. The fourth-order valence-corrected chi connectivity index (χ4v) is 1.98. The minimum atomic E-state index is -0.889. The van der Waals surface area contributed by atoms with Crippen LogP contribution in [0, 0.1) is 17.8 Å². The maximum Gasteiger partial charge on any atom is 0.309 e. The van der Waals surface area contributed by atoms with Crippen molar-refractivity contribution < 1.29 is 19.4 Å². The summed E-state index contributed by atoms with van der Waals surface area (Å²) in [6.07, 6.45) is 1.21. The van der Waals surface area contributed by atoms with Crippen LogP contribution in [0.2, 0.25) is 0 Å². The van der Waals surface area contributed by atoms with Crippen molar-refractivity contribution in [3.8, 4) is 0 Å². The number of hydrogen-bond acceptors (Lipinski definition) is 3. The van der Waals surface area contributed by atoms with Crippen molar-refractivity contribution >= 4 is 11.9 Å². The van der Waals surface area contributed by atoms with Crippen molar-refractivity contribution in [3.63, 3.8) is 0 Å². The summed E-state index contributed by atoms with van der Waals surface area (Å²) in [6.45, 7) is 1.96. The molecule has 1 unspecified atom stereocenters. The summed E-state index contributed by atoms with van der Waals surface area (Å²) in [5.74, 6) is -1.98. The molecule has 1 rings (SSSR count). The van der Waals surface area contributed by atoms with Gasteiger partial charge in [0.2, 0.25) is 0 Å². The topological polar surface area (TPSA) is 63.6 Å². The largest absolute Gasteiger partial charge is 0.481 e. The van der Waals surface area contributed by atoms with Crippen LogP contribution in [0.3, 0.4) is 0 Å². The van der Waals surface area contributed by atoms with E-state index in [9.17, 15) is 9.59 Å². The van der Waals surface area contributed by atoms with Gasteiger partial charge in [-0.15, -0.1) is 0 Å². The van der Waals surface area contributed by atoms with Gasteiger partial charge in [0, 0.05) is 0 Å². The molecule has 0 amide bonds. The van der Waals surface area contributed by atoms with Gasteiger partial charge in [0.15, 0.2) is 0 Å². The van der Waals surface area contributed by atoms with Gasteiger partial charge in [0.25, 0.3) is 0 Å². The van der Waals surface area contributed by atoms with Crippen molar-refractivity contribution in [2.24, 2.45) is 17.8 Å². The highest BCUT2D eigenvalue weighted by Gasteiger charge is 2.41. The van der Waals surface area contributed by atoms with Gasteiger partial charge in [-0.05, 0) is 18.8 Å². The van der Waals surface area contributed by atoms with Crippen molar-refractivity contribution in [3.05, 3.63) is 0 Å². The van der Waals surface area contributed by atoms with Crippen LogP contribution in [0.25, 0.3) is 0 Å². The molecule has 4 nitrogen and oxygen atoms in total. The Labute approximate surface area is 76.9 Å². The van der Waals surface area contributed by atoms with E-state index in [0.717, 1.165) is 0 Å². The van der Waals surface area contributed by atoms with E-state index < -0.39 is 23.8 Å². The zero-order chi connectivity index (χ0) is 10.0. The average Bonchev–Trinajstić information content (AvgIpc) is 2.46. The molecule has 1 aliphatic rings. The average molecular weight is 186 g/mol. The lowest BCUT2D eigenvalue weighted by Crippen LogP contribution is -2.26. The minimum absolute atomic E-state index is 0.296. The molecule has 1 aliphatic carbocycles. The van der Waals surface area contributed by atoms with Crippen molar-refractivity contribution in [1.82, 2.24) is 0 Å². The van der Waals surface area contributed by atoms with Gasteiger partial charge >= 0.3 is 11.9 Å². The van der Waals surface area contributed by atoms with E-state index in [0.29, 0.717) is 18.8 Å². The minimum Gasteiger partial charge on any atom is -0.481 e.